The predicted molar refractivity (Wildman–Crippen MR) is 66.7 cm³/mol. The van der Waals surface area contributed by atoms with Crippen LogP contribution in [0.5, 0.6) is 0 Å². The summed E-state index contributed by atoms with van der Waals surface area (Å²) in [5.74, 6) is 0.940. The molecule has 0 radical (unpaired) electrons. The summed E-state index contributed by atoms with van der Waals surface area (Å²) in [6.45, 7) is 0. The average molecular weight is 246 g/mol. The highest BCUT2D eigenvalue weighted by atomic mass is 35.5. The van der Waals surface area contributed by atoms with Crippen molar-refractivity contribution in [3.8, 4) is 11.3 Å². The largest absolute Gasteiger partial charge is 0.456 e. The van der Waals surface area contributed by atoms with Crippen LogP contribution in [0.3, 0.4) is 0 Å². The van der Waals surface area contributed by atoms with E-state index >= 15 is 0 Å². The average Bonchev–Trinajstić information content (AvgIpc) is 2.72. The van der Waals surface area contributed by atoms with Crippen LogP contribution in [0.4, 0.5) is 5.95 Å². The van der Waals surface area contributed by atoms with Gasteiger partial charge in [-0.3, -0.25) is 0 Å². The zero-order valence-corrected chi connectivity index (χ0v) is 9.48. The van der Waals surface area contributed by atoms with Crippen molar-refractivity contribution in [2.24, 2.45) is 0 Å². The Hall–Kier alpha value is -2.07. The highest BCUT2D eigenvalue weighted by Crippen LogP contribution is 2.28. The second-order valence-corrected chi connectivity index (χ2v) is 4.06. The fourth-order valence-electron chi connectivity index (χ4n) is 1.62. The van der Waals surface area contributed by atoms with Gasteiger partial charge in [-0.05, 0) is 24.3 Å². The lowest BCUT2D eigenvalue weighted by Gasteiger charge is -1.94. The van der Waals surface area contributed by atoms with Gasteiger partial charge >= 0.3 is 0 Å². The van der Waals surface area contributed by atoms with Crippen molar-refractivity contribution < 1.29 is 4.42 Å². The number of aromatic nitrogens is 2. The molecule has 1 aromatic carbocycles. The maximum Gasteiger partial charge on any atom is 0.219 e. The summed E-state index contributed by atoms with van der Waals surface area (Å²) in [4.78, 5) is 7.85. The van der Waals surface area contributed by atoms with Crippen molar-refractivity contribution in [3.63, 3.8) is 0 Å². The van der Waals surface area contributed by atoms with Crippen LogP contribution in [-0.2, 0) is 0 Å². The topological polar surface area (TPSA) is 64.9 Å². The van der Waals surface area contributed by atoms with E-state index in [2.05, 4.69) is 9.97 Å². The quantitative estimate of drug-likeness (QED) is 0.715. The number of hydrogen-bond acceptors (Lipinski definition) is 4. The molecule has 0 aliphatic rings. The first-order valence-corrected chi connectivity index (χ1v) is 5.37. The summed E-state index contributed by atoms with van der Waals surface area (Å²) in [7, 11) is 0. The zero-order valence-electron chi connectivity index (χ0n) is 8.72. The van der Waals surface area contributed by atoms with Gasteiger partial charge in [0, 0.05) is 22.8 Å². The molecule has 17 heavy (non-hydrogen) atoms. The van der Waals surface area contributed by atoms with E-state index in [0.29, 0.717) is 10.8 Å². The number of benzene rings is 1. The van der Waals surface area contributed by atoms with Crippen molar-refractivity contribution in [1.82, 2.24) is 9.97 Å². The Labute approximate surface area is 102 Å². The van der Waals surface area contributed by atoms with E-state index in [0.717, 1.165) is 16.5 Å². The van der Waals surface area contributed by atoms with Crippen LogP contribution in [0.15, 0.2) is 41.1 Å². The van der Waals surface area contributed by atoms with E-state index in [9.17, 15) is 0 Å². The summed E-state index contributed by atoms with van der Waals surface area (Å²) >= 11 is 5.91. The lowest BCUT2D eigenvalue weighted by Crippen LogP contribution is -1.92. The molecule has 0 amide bonds. The molecule has 0 aliphatic carbocycles. The molecule has 0 saturated carbocycles. The molecule has 0 spiro atoms. The number of hydrogen-bond donors (Lipinski definition) is 1. The molecule has 2 heterocycles. The van der Waals surface area contributed by atoms with Gasteiger partial charge in [0.2, 0.25) is 5.95 Å². The maximum atomic E-state index is 5.91. The molecular weight excluding hydrogens is 238 g/mol. The molecule has 0 atom stereocenters. The highest BCUT2D eigenvalue weighted by Gasteiger charge is 2.07. The molecule has 0 aliphatic heterocycles. The molecule has 0 unspecified atom stereocenters. The van der Waals surface area contributed by atoms with Gasteiger partial charge in [-0.25, -0.2) is 9.97 Å². The van der Waals surface area contributed by atoms with E-state index < -0.39 is 0 Å². The van der Waals surface area contributed by atoms with Gasteiger partial charge in [0.1, 0.15) is 11.3 Å². The van der Waals surface area contributed by atoms with Gasteiger partial charge in [0.15, 0.2) is 0 Å². The third-order valence-corrected chi connectivity index (χ3v) is 2.67. The van der Waals surface area contributed by atoms with Crippen LogP contribution in [-0.4, -0.2) is 9.97 Å². The number of nitrogens with two attached hydrogens (primary N) is 1. The molecule has 2 N–H and O–H groups in total. The highest BCUT2D eigenvalue weighted by molar-refractivity contribution is 6.31. The van der Waals surface area contributed by atoms with Gasteiger partial charge in [0.05, 0.1) is 5.56 Å². The summed E-state index contributed by atoms with van der Waals surface area (Å²) in [5, 5.41) is 1.63. The van der Waals surface area contributed by atoms with E-state index in [1.807, 2.05) is 18.2 Å². The van der Waals surface area contributed by atoms with Gasteiger partial charge < -0.3 is 10.2 Å². The molecule has 3 aromatic rings. The smallest absolute Gasteiger partial charge is 0.219 e. The minimum atomic E-state index is 0.243. The summed E-state index contributed by atoms with van der Waals surface area (Å²) in [5.41, 5.74) is 6.99. The van der Waals surface area contributed by atoms with Crippen molar-refractivity contribution >= 4 is 28.5 Å². The van der Waals surface area contributed by atoms with E-state index in [1.54, 1.807) is 18.5 Å². The molecule has 0 fully saturated rings. The summed E-state index contributed by atoms with van der Waals surface area (Å²) in [6, 6.07) is 7.37. The van der Waals surface area contributed by atoms with E-state index in [-0.39, 0.29) is 5.95 Å². The third-order valence-electron chi connectivity index (χ3n) is 2.43. The summed E-state index contributed by atoms with van der Waals surface area (Å²) < 4.78 is 5.67. The van der Waals surface area contributed by atoms with Crippen LogP contribution in [0.2, 0.25) is 5.02 Å². The van der Waals surface area contributed by atoms with Crippen molar-refractivity contribution in [3.05, 3.63) is 41.7 Å². The number of rotatable bonds is 1. The molecular formula is C12H8ClN3O. The fraction of sp³-hybridized carbons (Fsp3) is 0. The van der Waals surface area contributed by atoms with Gasteiger partial charge in [-0.2, -0.15) is 0 Å². The van der Waals surface area contributed by atoms with Crippen LogP contribution >= 0.6 is 11.6 Å². The Morgan fingerprint density at radius 3 is 2.65 bits per heavy atom. The number of halogens is 1. The lowest BCUT2D eigenvalue weighted by molar-refractivity contribution is 0.631. The van der Waals surface area contributed by atoms with Crippen LogP contribution in [0.25, 0.3) is 22.3 Å². The Balaban J connectivity index is 2.14. The number of fused-ring (bicyclic) bond motifs is 1. The molecule has 84 valence electrons. The van der Waals surface area contributed by atoms with Gasteiger partial charge in [-0.15, -0.1) is 0 Å². The SMILES string of the molecule is Nc1ncc(-c2cc3cc(Cl)ccc3o2)cn1. The first-order chi connectivity index (χ1) is 8.22. The fourth-order valence-corrected chi connectivity index (χ4v) is 1.80. The molecule has 4 nitrogen and oxygen atoms in total. The minimum absolute atomic E-state index is 0.243. The number of anilines is 1. The van der Waals surface area contributed by atoms with Crippen LogP contribution in [0, 0.1) is 0 Å². The third kappa shape index (κ3) is 1.83. The van der Waals surface area contributed by atoms with Gasteiger partial charge in [0.25, 0.3) is 0 Å². The number of nitrogen functional groups attached to an aromatic ring is 1. The Kier molecular flexibility index (Phi) is 2.23. The summed E-state index contributed by atoms with van der Waals surface area (Å²) in [6.07, 6.45) is 3.25. The van der Waals surface area contributed by atoms with Gasteiger partial charge in [-0.1, -0.05) is 11.6 Å². The van der Waals surface area contributed by atoms with Crippen molar-refractivity contribution in [2.45, 2.75) is 0 Å². The van der Waals surface area contributed by atoms with Crippen molar-refractivity contribution in [1.29, 1.82) is 0 Å². The normalized spacial score (nSPS) is 10.9. The molecule has 2 aromatic heterocycles. The standard InChI is InChI=1S/C12H8ClN3O/c13-9-1-2-10-7(3-9)4-11(17-10)8-5-15-12(14)16-6-8/h1-6H,(H2,14,15,16). The predicted octanol–water partition coefficient (Wildman–Crippen LogP) is 3.13. The van der Waals surface area contributed by atoms with Crippen molar-refractivity contribution in [2.75, 3.05) is 5.73 Å². The van der Waals surface area contributed by atoms with Crippen LogP contribution < -0.4 is 5.73 Å². The monoisotopic (exact) mass is 245 g/mol. The second kappa shape index (κ2) is 3.75. The first kappa shape index (κ1) is 10.1. The zero-order chi connectivity index (χ0) is 11.8. The van der Waals surface area contributed by atoms with E-state index in [4.69, 9.17) is 21.8 Å². The second-order valence-electron chi connectivity index (χ2n) is 3.62. The lowest BCUT2D eigenvalue weighted by atomic mass is 10.2. The maximum absolute atomic E-state index is 5.91. The minimum Gasteiger partial charge on any atom is -0.456 e. The number of nitrogens with zero attached hydrogens (tertiary/aromatic N) is 2. The molecule has 5 heteroatoms. The Morgan fingerprint density at radius 2 is 1.88 bits per heavy atom. The molecule has 0 bridgehead atoms. The Bertz CT molecular complexity index is 676. The number of furan rings is 1. The first-order valence-electron chi connectivity index (χ1n) is 4.99. The van der Waals surface area contributed by atoms with Crippen LogP contribution in [0.1, 0.15) is 0 Å². The molecule has 3 rings (SSSR count). The van der Waals surface area contributed by atoms with E-state index in [1.165, 1.54) is 0 Å². The Morgan fingerprint density at radius 1 is 1.12 bits per heavy atom. The molecule has 0 saturated heterocycles.